The van der Waals surface area contributed by atoms with Gasteiger partial charge in [-0.25, -0.2) is 5.43 Å². The Morgan fingerprint density at radius 1 is 1.03 bits per heavy atom. The van der Waals surface area contributed by atoms with Gasteiger partial charge in [0.1, 0.15) is 6.61 Å². The van der Waals surface area contributed by atoms with Crippen molar-refractivity contribution in [2.75, 3.05) is 7.11 Å². The highest BCUT2D eigenvalue weighted by Crippen LogP contribution is 2.33. The number of nitrogens with zero attached hydrogens (tertiary/aromatic N) is 2. The second-order valence-corrected chi connectivity index (χ2v) is 8.46. The summed E-state index contributed by atoms with van der Waals surface area (Å²) in [6, 6.07) is 23.0. The van der Waals surface area contributed by atoms with Gasteiger partial charge in [-0.15, -0.1) is 0 Å². The van der Waals surface area contributed by atoms with Gasteiger partial charge >= 0.3 is 0 Å². The van der Waals surface area contributed by atoms with Crippen molar-refractivity contribution in [1.29, 1.82) is 0 Å². The number of aromatic nitrogens is 1. The van der Waals surface area contributed by atoms with Gasteiger partial charge < -0.3 is 14.0 Å². The number of benzene rings is 3. The summed E-state index contributed by atoms with van der Waals surface area (Å²) in [5, 5.41) is 4.15. The Labute approximate surface area is 207 Å². The van der Waals surface area contributed by atoms with Crippen LogP contribution in [0.3, 0.4) is 0 Å². The maximum absolute atomic E-state index is 12.8. The van der Waals surface area contributed by atoms with Crippen LogP contribution in [0.25, 0.3) is 5.69 Å². The van der Waals surface area contributed by atoms with Gasteiger partial charge in [-0.2, -0.15) is 5.10 Å². The molecule has 1 heterocycles. The number of hydrazone groups is 1. The smallest absolute Gasteiger partial charge is 0.273 e. The van der Waals surface area contributed by atoms with Gasteiger partial charge in [0.15, 0.2) is 11.5 Å². The van der Waals surface area contributed by atoms with Crippen LogP contribution in [0.15, 0.2) is 94.8 Å². The summed E-state index contributed by atoms with van der Waals surface area (Å²) in [6.07, 6.45) is 5.34. The molecule has 0 atom stereocenters. The molecule has 0 aliphatic carbocycles. The molecule has 172 valence electrons. The number of hydrogen-bond donors (Lipinski definition) is 1. The lowest BCUT2D eigenvalue weighted by Crippen LogP contribution is -2.19. The average Bonchev–Trinajstić information content (AvgIpc) is 3.39. The summed E-state index contributed by atoms with van der Waals surface area (Å²) in [4.78, 5) is 12.8. The van der Waals surface area contributed by atoms with Crippen molar-refractivity contribution in [3.63, 3.8) is 0 Å². The zero-order chi connectivity index (χ0) is 23.9. The van der Waals surface area contributed by atoms with Crippen molar-refractivity contribution in [1.82, 2.24) is 9.99 Å². The van der Waals surface area contributed by atoms with Crippen LogP contribution in [0.4, 0.5) is 0 Å². The van der Waals surface area contributed by atoms with Crippen molar-refractivity contribution >= 4 is 28.1 Å². The number of methoxy groups -OCH3 is 1. The second kappa shape index (κ2) is 10.9. The van der Waals surface area contributed by atoms with Crippen molar-refractivity contribution in [2.45, 2.75) is 13.5 Å². The summed E-state index contributed by atoms with van der Waals surface area (Å²) >= 11 is 3.55. The van der Waals surface area contributed by atoms with Crippen LogP contribution in [0.1, 0.15) is 27.0 Å². The van der Waals surface area contributed by atoms with Crippen molar-refractivity contribution in [3.05, 3.63) is 112 Å². The van der Waals surface area contributed by atoms with Crippen LogP contribution in [0, 0.1) is 6.92 Å². The molecule has 0 aliphatic rings. The minimum Gasteiger partial charge on any atom is -0.493 e. The molecule has 0 unspecified atom stereocenters. The van der Waals surface area contributed by atoms with Gasteiger partial charge in [0.05, 0.1) is 24.6 Å². The minimum absolute atomic E-state index is 0.304. The Morgan fingerprint density at radius 2 is 1.76 bits per heavy atom. The van der Waals surface area contributed by atoms with E-state index in [9.17, 15) is 4.79 Å². The Balaban J connectivity index is 1.46. The van der Waals surface area contributed by atoms with Crippen LogP contribution in [-0.4, -0.2) is 23.8 Å². The molecule has 7 heteroatoms. The Morgan fingerprint density at radius 3 is 2.50 bits per heavy atom. The van der Waals surface area contributed by atoms with Crippen LogP contribution in [0.2, 0.25) is 0 Å². The van der Waals surface area contributed by atoms with E-state index in [4.69, 9.17) is 9.47 Å². The first-order chi connectivity index (χ1) is 16.5. The van der Waals surface area contributed by atoms with Gasteiger partial charge in [0, 0.05) is 22.4 Å². The third kappa shape index (κ3) is 5.55. The molecule has 1 amide bonds. The standard InChI is InChI=1S/C27H24BrN3O3/c1-19-9-11-20(12-10-19)18-34-26-16-23(28)21(15-25(26)33-2)17-29-30-27(32)22-7-3-4-8-24(22)31-13-5-6-14-31/h3-17H,18H2,1-2H3,(H,30,32)/b29-17-. The molecule has 6 nitrogen and oxygen atoms in total. The SMILES string of the molecule is COc1cc(/C=N\NC(=O)c2ccccc2-n2cccc2)c(Br)cc1OCc1ccc(C)cc1. The van der Waals surface area contributed by atoms with Crippen LogP contribution >= 0.6 is 15.9 Å². The van der Waals surface area contributed by atoms with E-state index in [1.54, 1.807) is 25.5 Å². The number of aryl methyl sites for hydroxylation is 1. The fourth-order valence-corrected chi connectivity index (χ4v) is 3.80. The molecule has 4 aromatic rings. The molecule has 1 N–H and O–H groups in total. The molecule has 0 bridgehead atoms. The molecule has 0 saturated carbocycles. The lowest BCUT2D eigenvalue weighted by Gasteiger charge is -2.13. The first-order valence-corrected chi connectivity index (χ1v) is 11.5. The fourth-order valence-electron chi connectivity index (χ4n) is 3.37. The first kappa shape index (κ1) is 23.3. The van der Waals surface area contributed by atoms with Crippen LogP contribution in [-0.2, 0) is 6.61 Å². The monoisotopic (exact) mass is 517 g/mol. The third-order valence-corrected chi connectivity index (χ3v) is 5.89. The van der Waals surface area contributed by atoms with Crippen LogP contribution < -0.4 is 14.9 Å². The number of para-hydroxylation sites is 1. The normalized spacial score (nSPS) is 10.9. The zero-order valence-corrected chi connectivity index (χ0v) is 20.5. The average molecular weight is 518 g/mol. The molecule has 0 spiro atoms. The van der Waals surface area contributed by atoms with Crippen molar-refractivity contribution < 1.29 is 14.3 Å². The maximum atomic E-state index is 12.8. The molecule has 0 saturated heterocycles. The Bertz CT molecular complexity index is 1300. The summed E-state index contributed by atoms with van der Waals surface area (Å²) in [6.45, 7) is 2.47. The number of carbonyl (C=O) groups excluding carboxylic acids is 1. The van der Waals surface area contributed by atoms with E-state index in [-0.39, 0.29) is 5.91 Å². The summed E-state index contributed by atoms with van der Waals surface area (Å²) in [5.74, 6) is 0.875. The van der Waals surface area contributed by atoms with E-state index < -0.39 is 0 Å². The molecule has 3 aromatic carbocycles. The summed E-state index contributed by atoms with van der Waals surface area (Å²) in [7, 11) is 1.59. The number of ether oxygens (including phenoxy) is 2. The predicted molar refractivity (Wildman–Crippen MR) is 137 cm³/mol. The highest BCUT2D eigenvalue weighted by atomic mass is 79.9. The fraction of sp³-hybridized carbons (Fsp3) is 0.111. The van der Waals surface area contributed by atoms with E-state index in [0.717, 1.165) is 21.3 Å². The molecular weight excluding hydrogens is 494 g/mol. The molecule has 0 radical (unpaired) electrons. The topological polar surface area (TPSA) is 64.8 Å². The lowest BCUT2D eigenvalue weighted by molar-refractivity contribution is 0.0955. The van der Waals surface area contributed by atoms with Gasteiger partial charge in [-0.1, -0.05) is 42.0 Å². The molecule has 0 aliphatic heterocycles. The number of carbonyl (C=O) groups is 1. The molecule has 0 fully saturated rings. The van der Waals surface area contributed by atoms with E-state index in [1.165, 1.54) is 5.56 Å². The van der Waals surface area contributed by atoms with Gasteiger partial charge in [-0.05, 0) is 64.8 Å². The highest BCUT2D eigenvalue weighted by Gasteiger charge is 2.12. The molecule has 34 heavy (non-hydrogen) atoms. The number of nitrogens with one attached hydrogen (secondary N) is 1. The van der Waals surface area contributed by atoms with Gasteiger partial charge in [-0.3, -0.25) is 4.79 Å². The largest absolute Gasteiger partial charge is 0.493 e. The molecule has 1 aromatic heterocycles. The quantitative estimate of drug-likeness (QED) is 0.233. The maximum Gasteiger partial charge on any atom is 0.273 e. The van der Waals surface area contributed by atoms with Crippen molar-refractivity contribution in [2.24, 2.45) is 5.10 Å². The predicted octanol–water partition coefficient (Wildman–Crippen LogP) is 5.90. The Kier molecular flexibility index (Phi) is 7.44. The van der Waals surface area contributed by atoms with E-state index in [1.807, 2.05) is 65.5 Å². The minimum atomic E-state index is -0.304. The van der Waals surface area contributed by atoms with Gasteiger partial charge in [0.25, 0.3) is 5.91 Å². The summed E-state index contributed by atoms with van der Waals surface area (Å²) in [5.41, 5.74) is 6.90. The third-order valence-electron chi connectivity index (χ3n) is 5.20. The van der Waals surface area contributed by atoms with Gasteiger partial charge in [0.2, 0.25) is 0 Å². The van der Waals surface area contributed by atoms with E-state index in [2.05, 4.69) is 45.5 Å². The van der Waals surface area contributed by atoms with E-state index in [0.29, 0.717) is 23.7 Å². The second-order valence-electron chi connectivity index (χ2n) is 7.61. The lowest BCUT2D eigenvalue weighted by atomic mass is 10.1. The van der Waals surface area contributed by atoms with Crippen molar-refractivity contribution in [3.8, 4) is 17.2 Å². The first-order valence-electron chi connectivity index (χ1n) is 10.7. The van der Waals surface area contributed by atoms with E-state index >= 15 is 0 Å². The number of amides is 1. The Hall–Kier alpha value is -3.84. The number of halogens is 1. The molecule has 4 rings (SSSR count). The highest BCUT2D eigenvalue weighted by molar-refractivity contribution is 9.10. The number of rotatable bonds is 8. The summed E-state index contributed by atoms with van der Waals surface area (Å²) < 4.78 is 14.1. The number of hydrogen-bond acceptors (Lipinski definition) is 4. The van der Waals surface area contributed by atoms with Crippen LogP contribution in [0.5, 0.6) is 11.5 Å². The zero-order valence-electron chi connectivity index (χ0n) is 18.9. The molecular formula is C27H24BrN3O3.